The largest absolute Gasteiger partial charge is 0.343 e. The molecule has 2 N–H and O–H groups in total. The van der Waals surface area contributed by atoms with Crippen LogP contribution in [0.5, 0.6) is 0 Å². The van der Waals surface area contributed by atoms with Crippen LogP contribution in [0.4, 0.5) is 5.69 Å². The molecule has 0 saturated carbocycles. The van der Waals surface area contributed by atoms with Crippen LogP contribution in [-0.2, 0) is 16.0 Å². The number of anilines is 1. The zero-order valence-corrected chi connectivity index (χ0v) is 15.1. The minimum atomic E-state index is 0.0917. The number of rotatable bonds is 5. The van der Waals surface area contributed by atoms with Gasteiger partial charge in [-0.1, -0.05) is 12.1 Å². The number of amides is 2. The molecule has 0 bridgehead atoms. The first kappa shape index (κ1) is 17.9. The minimum absolute atomic E-state index is 0.0917. The normalized spacial score (nSPS) is 23.5. The van der Waals surface area contributed by atoms with Crippen molar-refractivity contribution >= 4 is 17.5 Å². The number of nitrogens with zero attached hydrogens (tertiary/aromatic N) is 1. The summed E-state index contributed by atoms with van der Waals surface area (Å²) >= 11 is 0. The van der Waals surface area contributed by atoms with Gasteiger partial charge in [0.2, 0.25) is 11.8 Å². The molecular formula is C20H29N3O2. The van der Waals surface area contributed by atoms with Gasteiger partial charge >= 0.3 is 0 Å². The molecule has 1 aromatic rings. The highest BCUT2D eigenvalue weighted by Gasteiger charge is 2.24. The van der Waals surface area contributed by atoms with E-state index in [0.717, 1.165) is 63.0 Å². The molecule has 0 spiro atoms. The van der Waals surface area contributed by atoms with Crippen molar-refractivity contribution in [2.24, 2.45) is 5.92 Å². The molecule has 2 atom stereocenters. The first-order chi connectivity index (χ1) is 12.1. The van der Waals surface area contributed by atoms with Gasteiger partial charge in [-0.3, -0.25) is 9.59 Å². The van der Waals surface area contributed by atoms with E-state index in [1.165, 1.54) is 0 Å². The second kappa shape index (κ2) is 8.48. The molecule has 0 radical (unpaired) electrons. The summed E-state index contributed by atoms with van der Waals surface area (Å²) in [5.74, 6) is 0.467. The Morgan fingerprint density at radius 1 is 1.20 bits per heavy atom. The highest BCUT2D eigenvalue weighted by atomic mass is 16.2. The summed E-state index contributed by atoms with van der Waals surface area (Å²) in [5, 5.41) is 6.40. The first-order valence-electron chi connectivity index (χ1n) is 9.53. The molecule has 2 fully saturated rings. The maximum atomic E-state index is 12.4. The fourth-order valence-corrected chi connectivity index (χ4v) is 3.75. The Labute approximate surface area is 150 Å². The van der Waals surface area contributed by atoms with E-state index in [-0.39, 0.29) is 17.7 Å². The third-order valence-corrected chi connectivity index (χ3v) is 5.30. The number of benzene rings is 1. The Morgan fingerprint density at radius 2 is 1.92 bits per heavy atom. The average Bonchev–Trinajstić information content (AvgIpc) is 3.15. The summed E-state index contributed by atoms with van der Waals surface area (Å²) in [7, 11) is 0. The lowest BCUT2D eigenvalue weighted by atomic mass is 9.92. The van der Waals surface area contributed by atoms with E-state index in [9.17, 15) is 9.59 Å². The molecule has 2 aliphatic heterocycles. The molecule has 25 heavy (non-hydrogen) atoms. The van der Waals surface area contributed by atoms with E-state index >= 15 is 0 Å². The van der Waals surface area contributed by atoms with Gasteiger partial charge in [0.25, 0.3) is 0 Å². The van der Waals surface area contributed by atoms with E-state index in [0.29, 0.717) is 12.5 Å². The molecule has 2 saturated heterocycles. The van der Waals surface area contributed by atoms with Crippen LogP contribution in [0.15, 0.2) is 24.3 Å². The van der Waals surface area contributed by atoms with Crippen LogP contribution < -0.4 is 10.6 Å². The van der Waals surface area contributed by atoms with Gasteiger partial charge in [-0.15, -0.1) is 0 Å². The van der Waals surface area contributed by atoms with Gasteiger partial charge < -0.3 is 15.5 Å². The van der Waals surface area contributed by atoms with Crippen LogP contribution >= 0.6 is 0 Å². The summed E-state index contributed by atoms with van der Waals surface area (Å²) in [4.78, 5) is 26.4. The van der Waals surface area contributed by atoms with Crippen molar-refractivity contribution in [1.29, 1.82) is 0 Å². The third kappa shape index (κ3) is 5.05. The molecule has 1 aromatic carbocycles. The Balaban J connectivity index is 1.46. The number of carbonyl (C=O) groups excluding carboxylic acids is 2. The molecule has 3 rings (SSSR count). The maximum absolute atomic E-state index is 12.4. The Bertz CT molecular complexity index is 593. The molecule has 5 nitrogen and oxygen atoms in total. The number of likely N-dealkylation sites (tertiary alicyclic amines) is 1. The summed E-state index contributed by atoms with van der Waals surface area (Å²) < 4.78 is 0. The Kier molecular flexibility index (Phi) is 6.08. The van der Waals surface area contributed by atoms with Gasteiger partial charge in [0.05, 0.1) is 0 Å². The SMILES string of the molecule is C[C@H]1C[C@@H](C(=O)Nc2ccc(CCC(=O)N3CCCC3)cc2)CCN1. The third-order valence-electron chi connectivity index (χ3n) is 5.30. The number of carbonyl (C=O) groups is 2. The van der Waals surface area contributed by atoms with Crippen LogP contribution in [0.3, 0.4) is 0 Å². The van der Waals surface area contributed by atoms with Crippen LogP contribution in [-0.4, -0.2) is 42.4 Å². The molecule has 5 heteroatoms. The quantitative estimate of drug-likeness (QED) is 0.864. The summed E-state index contributed by atoms with van der Waals surface area (Å²) in [6, 6.07) is 8.31. The molecule has 0 aromatic heterocycles. The van der Waals surface area contributed by atoms with Gasteiger partial charge in [0.15, 0.2) is 0 Å². The van der Waals surface area contributed by atoms with Gasteiger partial charge in [-0.25, -0.2) is 0 Å². The topological polar surface area (TPSA) is 61.4 Å². The first-order valence-corrected chi connectivity index (χ1v) is 9.53. The van der Waals surface area contributed by atoms with Crippen molar-refractivity contribution in [1.82, 2.24) is 10.2 Å². The maximum Gasteiger partial charge on any atom is 0.227 e. The standard InChI is InChI=1S/C20H29N3O2/c1-15-14-17(10-11-21-15)20(25)22-18-7-4-16(5-8-18)6-9-19(24)23-12-2-3-13-23/h4-5,7-8,15,17,21H,2-3,6,9-14H2,1H3,(H,22,25)/t15-,17-/m0/s1. The number of nitrogens with one attached hydrogen (secondary N) is 2. The zero-order chi connectivity index (χ0) is 17.6. The monoisotopic (exact) mass is 343 g/mol. The van der Waals surface area contributed by atoms with E-state index in [1.54, 1.807) is 0 Å². The molecule has 2 aliphatic rings. The van der Waals surface area contributed by atoms with E-state index in [2.05, 4.69) is 17.6 Å². The average molecular weight is 343 g/mol. The lowest BCUT2D eigenvalue weighted by Gasteiger charge is -2.27. The number of hydrogen-bond donors (Lipinski definition) is 2. The Hall–Kier alpha value is -1.88. The van der Waals surface area contributed by atoms with E-state index in [4.69, 9.17) is 0 Å². The van der Waals surface area contributed by atoms with Gasteiger partial charge in [-0.2, -0.15) is 0 Å². The summed E-state index contributed by atoms with van der Waals surface area (Å²) in [6.45, 7) is 4.86. The fourth-order valence-electron chi connectivity index (χ4n) is 3.75. The van der Waals surface area contributed by atoms with Crippen LogP contribution in [0.25, 0.3) is 0 Å². The second-order valence-corrected chi connectivity index (χ2v) is 7.35. The minimum Gasteiger partial charge on any atom is -0.343 e. The van der Waals surface area contributed by atoms with Crippen LogP contribution in [0, 0.1) is 5.92 Å². The summed E-state index contributed by atoms with van der Waals surface area (Å²) in [5.41, 5.74) is 1.98. The van der Waals surface area contributed by atoms with E-state index < -0.39 is 0 Å². The predicted octanol–water partition coefficient (Wildman–Crippen LogP) is 2.57. The van der Waals surface area contributed by atoms with Crippen molar-refractivity contribution in [3.8, 4) is 0 Å². The van der Waals surface area contributed by atoms with Gasteiger partial charge in [-0.05, 0) is 63.3 Å². The molecule has 2 heterocycles. The fraction of sp³-hybridized carbons (Fsp3) is 0.600. The highest BCUT2D eigenvalue weighted by Crippen LogP contribution is 2.19. The molecule has 2 amide bonds. The molecule has 0 aliphatic carbocycles. The second-order valence-electron chi connectivity index (χ2n) is 7.35. The van der Waals surface area contributed by atoms with Crippen molar-refractivity contribution in [2.75, 3.05) is 25.0 Å². The Morgan fingerprint density at radius 3 is 2.60 bits per heavy atom. The zero-order valence-electron chi connectivity index (χ0n) is 15.1. The molecular weight excluding hydrogens is 314 g/mol. The van der Waals surface area contributed by atoms with E-state index in [1.807, 2.05) is 29.2 Å². The van der Waals surface area contributed by atoms with Crippen molar-refractivity contribution in [3.63, 3.8) is 0 Å². The molecule has 0 unspecified atom stereocenters. The van der Waals surface area contributed by atoms with Crippen molar-refractivity contribution in [3.05, 3.63) is 29.8 Å². The van der Waals surface area contributed by atoms with Crippen LogP contribution in [0.2, 0.25) is 0 Å². The number of hydrogen-bond acceptors (Lipinski definition) is 3. The van der Waals surface area contributed by atoms with Gasteiger partial charge in [0.1, 0.15) is 0 Å². The van der Waals surface area contributed by atoms with Crippen molar-refractivity contribution < 1.29 is 9.59 Å². The number of aryl methyl sites for hydroxylation is 1. The molecule has 136 valence electrons. The van der Waals surface area contributed by atoms with Crippen molar-refractivity contribution in [2.45, 2.75) is 51.5 Å². The van der Waals surface area contributed by atoms with Gasteiger partial charge in [0, 0.05) is 37.2 Å². The van der Waals surface area contributed by atoms with Crippen LogP contribution in [0.1, 0.15) is 44.6 Å². The predicted molar refractivity (Wildman–Crippen MR) is 99.4 cm³/mol. The number of piperidine rings is 1. The lowest BCUT2D eigenvalue weighted by molar-refractivity contribution is -0.130. The highest BCUT2D eigenvalue weighted by molar-refractivity contribution is 5.92. The summed E-state index contributed by atoms with van der Waals surface area (Å²) in [6.07, 6.45) is 5.38. The smallest absolute Gasteiger partial charge is 0.227 e. The lowest BCUT2D eigenvalue weighted by Crippen LogP contribution is -2.40.